The molecule has 8 aromatic carbocycles. The predicted molar refractivity (Wildman–Crippen MR) is 230 cm³/mol. The molecule has 0 radical (unpaired) electrons. The van der Waals surface area contributed by atoms with E-state index in [1.165, 1.54) is 20.2 Å². The van der Waals surface area contributed by atoms with E-state index in [1.54, 1.807) is 0 Å². The summed E-state index contributed by atoms with van der Waals surface area (Å²) in [5, 5.41) is 28.6. The van der Waals surface area contributed by atoms with Crippen LogP contribution in [-0.2, 0) is 0 Å². The van der Waals surface area contributed by atoms with Crippen molar-refractivity contribution in [2.24, 2.45) is 0 Å². The fourth-order valence-electron chi connectivity index (χ4n) is 8.95. The zero-order valence-electron chi connectivity index (χ0n) is 29.6. The number of para-hydroxylation sites is 2. The summed E-state index contributed by atoms with van der Waals surface area (Å²) in [6.07, 6.45) is 0. The van der Waals surface area contributed by atoms with E-state index in [9.17, 15) is 10.5 Å². The Balaban J connectivity index is 1.01. The third kappa shape index (κ3) is 4.22. The number of nitriles is 2. The number of rotatable bonds is 3. The molecule has 0 aliphatic carbocycles. The van der Waals surface area contributed by atoms with Gasteiger partial charge < -0.3 is 13.6 Å². The normalized spacial score (nSPS) is 11.9. The number of aromatic nitrogens is 2. The fourth-order valence-corrected chi connectivity index (χ4v) is 10.0. The average molecular weight is 731 g/mol. The SMILES string of the molecule is N#Cc1cccc2c1c1ccccc1n2-c1ccc2oc3ccc(-c4ccc5sc6ccc(-n7c8ccccc8c8c(C#N)cccc87)cc6c5c4)cc3c2c1. The van der Waals surface area contributed by atoms with Crippen molar-refractivity contribution in [3.05, 3.63) is 169 Å². The summed E-state index contributed by atoms with van der Waals surface area (Å²) in [5.41, 5.74) is 11.5. The van der Waals surface area contributed by atoms with Crippen LogP contribution in [-0.4, -0.2) is 9.13 Å². The lowest BCUT2D eigenvalue weighted by Gasteiger charge is -2.09. The molecule has 0 atom stereocenters. The van der Waals surface area contributed by atoms with Gasteiger partial charge in [0, 0.05) is 63.9 Å². The summed E-state index contributed by atoms with van der Waals surface area (Å²) in [6, 6.07) is 59.7. The van der Waals surface area contributed by atoms with Gasteiger partial charge >= 0.3 is 0 Å². The van der Waals surface area contributed by atoms with E-state index in [0.29, 0.717) is 11.1 Å². The van der Waals surface area contributed by atoms with Gasteiger partial charge in [-0.1, -0.05) is 60.7 Å². The van der Waals surface area contributed by atoms with Crippen molar-refractivity contribution >= 4 is 97.1 Å². The maximum absolute atomic E-state index is 9.99. The molecule has 0 saturated carbocycles. The summed E-state index contributed by atoms with van der Waals surface area (Å²) >= 11 is 1.81. The molecule has 0 unspecified atom stereocenters. The minimum atomic E-state index is 0.671. The van der Waals surface area contributed by atoms with Crippen LogP contribution in [0.1, 0.15) is 11.1 Å². The van der Waals surface area contributed by atoms with Gasteiger partial charge in [0.2, 0.25) is 0 Å². The largest absolute Gasteiger partial charge is 0.456 e. The highest BCUT2D eigenvalue weighted by atomic mass is 32.1. The van der Waals surface area contributed by atoms with Crippen molar-refractivity contribution in [3.63, 3.8) is 0 Å². The number of hydrogen-bond donors (Lipinski definition) is 0. The molecule has 5 nitrogen and oxygen atoms in total. The highest BCUT2D eigenvalue weighted by molar-refractivity contribution is 7.25. The molecule has 12 rings (SSSR count). The molecule has 4 aromatic heterocycles. The average Bonchev–Trinajstić information content (AvgIpc) is 4.00. The van der Waals surface area contributed by atoms with Crippen LogP contribution >= 0.6 is 11.3 Å². The summed E-state index contributed by atoms with van der Waals surface area (Å²) in [4.78, 5) is 0. The molecule has 0 spiro atoms. The highest BCUT2D eigenvalue weighted by Crippen LogP contribution is 2.42. The Morgan fingerprint density at radius 1 is 0.411 bits per heavy atom. The van der Waals surface area contributed by atoms with Crippen molar-refractivity contribution in [2.45, 2.75) is 0 Å². The molecule has 6 heteroatoms. The van der Waals surface area contributed by atoms with E-state index < -0.39 is 0 Å². The molecule has 258 valence electrons. The standard InChI is InChI=1S/C50H26N4OS/c51-27-31-7-5-13-43-49(31)35-9-1-3-11-41(35)53(43)33-17-20-46-38(25-33)37-23-29(15-19-45(37)55-46)30-16-21-47-39(24-30)40-26-34(18-22-48(40)56-47)54-42-12-4-2-10-36(42)50-32(28-52)8-6-14-44(50)54/h1-26H. The lowest BCUT2D eigenvalue weighted by molar-refractivity contribution is 0.669. The van der Waals surface area contributed by atoms with Gasteiger partial charge in [0.05, 0.1) is 45.3 Å². The van der Waals surface area contributed by atoms with Crippen LogP contribution < -0.4 is 0 Å². The van der Waals surface area contributed by atoms with E-state index in [0.717, 1.165) is 88.1 Å². The highest BCUT2D eigenvalue weighted by Gasteiger charge is 2.19. The first-order valence-electron chi connectivity index (χ1n) is 18.5. The van der Waals surface area contributed by atoms with Gasteiger partial charge in [-0.25, -0.2) is 0 Å². The van der Waals surface area contributed by atoms with Gasteiger partial charge in [0.25, 0.3) is 0 Å². The number of thiophene rings is 1. The monoisotopic (exact) mass is 730 g/mol. The minimum absolute atomic E-state index is 0.671. The number of benzene rings is 8. The van der Waals surface area contributed by atoms with Crippen LogP contribution in [0.4, 0.5) is 0 Å². The number of fused-ring (bicyclic) bond motifs is 12. The number of hydrogen-bond acceptors (Lipinski definition) is 4. The van der Waals surface area contributed by atoms with Gasteiger partial charge in [0.1, 0.15) is 11.2 Å². The van der Waals surface area contributed by atoms with E-state index in [1.807, 2.05) is 53.8 Å². The van der Waals surface area contributed by atoms with E-state index >= 15 is 0 Å². The Morgan fingerprint density at radius 2 is 0.875 bits per heavy atom. The quantitative estimate of drug-likeness (QED) is 0.182. The summed E-state index contributed by atoms with van der Waals surface area (Å²) in [7, 11) is 0. The Kier molecular flexibility index (Phi) is 6.28. The summed E-state index contributed by atoms with van der Waals surface area (Å²) in [5.74, 6) is 0. The molecule has 12 aromatic rings. The molecule has 4 heterocycles. The zero-order valence-corrected chi connectivity index (χ0v) is 30.4. The third-order valence-electron chi connectivity index (χ3n) is 11.4. The van der Waals surface area contributed by atoms with Gasteiger partial charge in [-0.2, -0.15) is 10.5 Å². The molecular weight excluding hydrogens is 705 g/mol. The van der Waals surface area contributed by atoms with Gasteiger partial charge in [-0.05, 0) is 108 Å². The van der Waals surface area contributed by atoms with Crippen LogP contribution in [0.3, 0.4) is 0 Å². The topological polar surface area (TPSA) is 70.6 Å². The fraction of sp³-hybridized carbons (Fsp3) is 0. The molecule has 0 fully saturated rings. The van der Waals surface area contributed by atoms with Crippen molar-refractivity contribution in [3.8, 4) is 34.6 Å². The minimum Gasteiger partial charge on any atom is -0.456 e. The predicted octanol–water partition coefficient (Wildman–Crippen LogP) is 13.6. The maximum atomic E-state index is 9.99. The second kappa shape index (κ2) is 11.4. The molecule has 56 heavy (non-hydrogen) atoms. The lowest BCUT2D eigenvalue weighted by atomic mass is 10.0. The zero-order chi connectivity index (χ0) is 37.1. The second-order valence-corrected chi connectivity index (χ2v) is 15.4. The number of nitrogens with zero attached hydrogens (tertiary/aromatic N) is 4. The first kappa shape index (κ1) is 30.8. The first-order valence-corrected chi connectivity index (χ1v) is 19.3. The Labute approximate surface area is 323 Å². The lowest BCUT2D eigenvalue weighted by Crippen LogP contribution is -1.93. The van der Waals surface area contributed by atoms with Crippen molar-refractivity contribution in [1.82, 2.24) is 9.13 Å². The van der Waals surface area contributed by atoms with Crippen LogP contribution in [0.15, 0.2) is 162 Å². The Bertz CT molecular complexity index is 3500. The first-order chi connectivity index (χ1) is 27.7. The molecule has 0 amide bonds. The smallest absolute Gasteiger partial charge is 0.135 e. The third-order valence-corrected chi connectivity index (χ3v) is 12.5. The molecule has 0 bridgehead atoms. The van der Waals surface area contributed by atoms with Crippen LogP contribution in [0.25, 0.3) is 108 Å². The van der Waals surface area contributed by atoms with Gasteiger partial charge in [0.15, 0.2) is 0 Å². The van der Waals surface area contributed by atoms with Gasteiger partial charge in [-0.15, -0.1) is 11.3 Å². The Hall–Kier alpha value is -7.64. The molecule has 0 aliphatic rings. The van der Waals surface area contributed by atoms with E-state index in [4.69, 9.17) is 4.42 Å². The van der Waals surface area contributed by atoms with Crippen LogP contribution in [0.2, 0.25) is 0 Å². The summed E-state index contributed by atoms with van der Waals surface area (Å²) < 4.78 is 13.4. The van der Waals surface area contributed by atoms with Crippen LogP contribution in [0, 0.1) is 22.7 Å². The van der Waals surface area contributed by atoms with Crippen molar-refractivity contribution in [1.29, 1.82) is 10.5 Å². The van der Waals surface area contributed by atoms with Crippen molar-refractivity contribution < 1.29 is 4.42 Å². The molecule has 0 aliphatic heterocycles. The number of furan rings is 1. The molecule has 0 N–H and O–H groups in total. The maximum Gasteiger partial charge on any atom is 0.135 e. The van der Waals surface area contributed by atoms with Crippen molar-refractivity contribution in [2.75, 3.05) is 0 Å². The molecular formula is C50H26N4OS. The molecule has 0 saturated heterocycles. The Morgan fingerprint density at radius 3 is 1.50 bits per heavy atom. The van der Waals surface area contributed by atoms with Gasteiger partial charge in [-0.3, -0.25) is 0 Å². The summed E-state index contributed by atoms with van der Waals surface area (Å²) in [6.45, 7) is 0. The van der Waals surface area contributed by atoms with E-state index in [2.05, 4.69) is 137 Å². The van der Waals surface area contributed by atoms with Crippen LogP contribution in [0.5, 0.6) is 0 Å². The second-order valence-electron chi connectivity index (χ2n) is 14.3. The van der Waals surface area contributed by atoms with E-state index in [-0.39, 0.29) is 0 Å².